The van der Waals surface area contributed by atoms with Crippen molar-refractivity contribution in [1.29, 1.82) is 5.26 Å². The van der Waals surface area contributed by atoms with E-state index in [1.165, 1.54) is 18.0 Å². The van der Waals surface area contributed by atoms with Gasteiger partial charge in [-0.3, -0.25) is 0 Å². The van der Waals surface area contributed by atoms with Gasteiger partial charge in [0.2, 0.25) is 0 Å². The number of rotatable bonds is 6. The number of anilines is 1. The Morgan fingerprint density at radius 1 is 1.18 bits per heavy atom. The first kappa shape index (κ1) is 20.2. The van der Waals surface area contributed by atoms with Crippen LogP contribution in [0.5, 0.6) is 0 Å². The Kier molecular flexibility index (Phi) is 5.91. The maximum atomic E-state index is 13.2. The third-order valence-electron chi connectivity index (χ3n) is 4.13. The van der Waals surface area contributed by atoms with Gasteiger partial charge in [0.05, 0.1) is 11.6 Å². The summed E-state index contributed by atoms with van der Waals surface area (Å²) >= 11 is 1.19. The topological polar surface area (TPSA) is 64.4 Å². The van der Waals surface area contributed by atoms with Crippen LogP contribution < -0.4 is 4.90 Å². The number of sulfonamides is 1. The summed E-state index contributed by atoms with van der Waals surface area (Å²) in [6.45, 7) is 1.99. The number of alkyl halides is 2. The van der Waals surface area contributed by atoms with E-state index in [-0.39, 0.29) is 0 Å². The summed E-state index contributed by atoms with van der Waals surface area (Å²) in [5, 5.41) is 9.01. The van der Waals surface area contributed by atoms with Gasteiger partial charge in [-0.25, -0.2) is 12.7 Å². The van der Waals surface area contributed by atoms with Gasteiger partial charge < -0.3 is 4.90 Å². The van der Waals surface area contributed by atoms with Gasteiger partial charge in [0, 0.05) is 23.3 Å². The summed E-state index contributed by atoms with van der Waals surface area (Å²) < 4.78 is 51.6. The molecule has 0 radical (unpaired) electrons. The molecule has 28 heavy (non-hydrogen) atoms. The molecule has 2 aromatic carbocycles. The van der Waals surface area contributed by atoms with Crippen LogP contribution in [0.4, 0.5) is 14.5 Å². The Bertz CT molecular complexity index is 1000. The molecule has 0 aromatic heterocycles. The fourth-order valence-electron chi connectivity index (χ4n) is 2.79. The fourth-order valence-corrected chi connectivity index (χ4v) is 5.19. The molecule has 0 bridgehead atoms. The van der Waals surface area contributed by atoms with Crippen LogP contribution in [-0.4, -0.2) is 24.0 Å². The van der Waals surface area contributed by atoms with Gasteiger partial charge in [-0.2, -0.15) is 14.0 Å². The van der Waals surface area contributed by atoms with E-state index in [4.69, 9.17) is 5.26 Å². The van der Waals surface area contributed by atoms with E-state index in [0.717, 1.165) is 9.87 Å². The lowest BCUT2D eigenvalue weighted by Crippen LogP contribution is -2.46. The highest BCUT2D eigenvalue weighted by Gasteiger charge is 2.41. The lowest BCUT2D eigenvalue weighted by molar-refractivity contribution is 0.223. The Balaban J connectivity index is 2.03. The van der Waals surface area contributed by atoms with Crippen molar-refractivity contribution >= 4 is 27.5 Å². The standard InChI is InChI=1S/C19H17F2N3O2S2/c1-14-12-24(28(25,26)18(20)21)19(27-14)23(13-16-5-3-2-4-6-16)17-9-7-15(11-22)8-10-17/h2-10,12,18-19H,13H2,1H3. The number of benzene rings is 2. The van der Waals surface area contributed by atoms with Crippen LogP contribution in [0.25, 0.3) is 0 Å². The molecule has 9 heteroatoms. The zero-order chi connectivity index (χ0) is 20.3. The predicted molar refractivity (Wildman–Crippen MR) is 106 cm³/mol. The summed E-state index contributed by atoms with van der Waals surface area (Å²) in [7, 11) is -4.81. The molecule has 146 valence electrons. The predicted octanol–water partition coefficient (Wildman–Crippen LogP) is 4.31. The molecule has 0 saturated heterocycles. The first-order chi connectivity index (χ1) is 13.3. The second-order valence-corrected chi connectivity index (χ2v) is 9.20. The van der Waals surface area contributed by atoms with Gasteiger partial charge in [-0.15, -0.1) is 0 Å². The van der Waals surface area contributed by atoms with E-state index in [0.29, 0.717) is 22.7 Å². The molecule has 0 amide bonds. The van der Waals surface area contributed by atoms with Crippen LogP contribution in [0.3, 0.4) is 0 Å². The van der Waals surface area contributed by atoms with E-state index in [1.54, 1.807) is 36.1 Å². The molecule has 5 nitrogen and oxygen atoms in total. The van der Waals surface area contributed by atoms with Crippen molar-refractivity contribution in [2.45, 2.75) is 24.7 Å². The Labute approximate surface area is 166 Å². The summed E-state index contributed by atoms with van der Waals surface area (Å²) in [4.78, 5) is 2.34. The van der Waals surface area contributed by atoms with Crippen LogP contribution in [0.2, 0.25) is 0 Å². The number of halogens is 2. The smallest absolute Gasteiger partial charge is 0.337 e. The first-order valence-electron chi connectivity index (χ1n) is 8.29. The van der Waals surface area contributed by atoms with Crippen LogP contribution in [-0.2, 0) is 16.6 Å². The number of allylic oxidation sites excluding steroid dienone is 1. The first-order valence-corrected chi connectivity index (χ1v) is 10.7. The maximum absolute atomic E-state index is 13.2. The number of hydrogen-bond donors (Lipinski definition) is 0. The third-order valence-corrected chi connectivity index (χ3v) is 6.77. The van der Waals surface area contributed by atoms with Gasteiger partial charge in [0.15, 0.2) is 5.50 Å². The van der Waals surface area contributed by atoms with Crippen molar-refractivity contribution in [2.24, 2.45) is 0 Å². The Morgan fingerprint density at radius 3 is 2.39 bits per heavy atom. The van der Waals surface area contributed by atoms with E-state index >= 15 is 0 Å². The van der Waals surface area contributed by atoms with E-state index < -0.39 is 21.3 Å². The minimum absolute atomic E-state index is 0.306. The van der Waals surface area contributed by atoms with Crippen molar-refractivity contribution in [1.82, 2.24) is 4.31 Å². The number of nitrogens with zero attached hydrogens (tertiary/aromatic N) is 3. The average molecular weight is 421 g/mol. The molecule has 3 rings (SSSR count). The Morgan fingerprint density at radius 2 is 1.82 bits per heavy atom. The van der Waals surface area contributed by atoms with Crippen molar-refractivity contribution in [3.05, 3.63) is 76.8 Å². The van der Waals surface area contributed by atoms with Crippen molar-refractivity contribution in [2.75, 3.05) is 4.90 Å². The summed E-state index contributed by atoms with van der Waals surface area (Å²) in [5.41, 5.74) is 1.07. The molecule has 1 unspecified atom stereocenters. The quantitative estimate of drug-likeness (QED) is 0.695. The third kappa shape index (κ3) is 4.13. The molecule has 0 aliphatic carbocycles. The van der Waals surface area contributed by atoms with Gasteiger partial charge in [-0.1, -0.05) is 42.1 Å². The van der Waals surface area contributed by atoms with Gasteiger partial charge in [0.1, 0.15) is 0 Å². The molecule has 0 saturated carbocycles. The lowest BCUT2D eigenvalue weighted by Gasteiger charge is -2.36. The zero-order valence-corrected chi connectivity index (χ0v) is 16.5. The summed E-state index contributed by atoms with van der Waals surface area (Å²) in [6, 6.07) is 17.9. The number of hydrogen-bond acceptors (Lipinski definition) is 5. The highest BCUT2D eigenvalue weighted by Crippen LogP contribution is 2.40. The minimum Gasteiger partial charge on any atom is -0.337 e. The highest BCUT2D eigenvalue weighted by molar-refractivity contribution is 8.04. The molecular weight excluding hydrogens is 404 g/mol. The SMILES string of the molecule is CC1=CN(S(=O)(=O)C(F)F)C(N(Cc2ccccc2)c2ccc(C#N)cc2)S1. The number of thioether (sulfide) groups is 1. The molecule has 1 aliphatic heterocycles. The lowest BCUT2D eigenvalue weighted by atomic mass is 10.2. The van der Waals surface area contributed by atoms with Crippen LogP contribution in [0, 0.1) is 11.3 Å². The molecule has 0 N–H and O–H groups in total. The fraction of sp³-hybridized carbons (Fsp3) is 0.211. The Hall–Kier alpha value is -2.57. The second-order valence-electron chi connectivity index (χ2n) is 6.09. The maximum Gasteiger partial charge on any atom is 0.355 e. The molecule has 0 fully saturated rings. The van der Waals surface area contributed by atoms with E-state index in [9.17, 15) is 17.2 Å². The van der Waals surface area contributed by atoms with Gasteiger partial charge >= 0.3 is 5.76 Å². The van der Waals surface area contributed by atoms with Gasteiger partial charge in [0.25, 0.3) is 10.0 Å². The van der Waals surface area contributed by atoms with Gasteiger partial charge in [-0.05, 0) is 36.8 Å². The average Bonchev–Trinajstić information content (AvgIpc) is 3.09. The minimum atomic E-state index is -4.81. The van der Waals surface area contributed by atoms with Crippen LogP contribution in [0.15, 0.2) is 65.7 Å². The largest absolute Gasteiger partial charge is 0.355 e. The normalized spacial score (nSPS) is 16.8. The summed E-state index contributed by atoms with van der Waals surface area (Å²) in [6.07, 6.45) is 1.23. The zero-order valence-electron chi connectivity index (χ0n) is 14.9. The monoisotopic (exact) mass is 421 g/mol. The molecular formula is C19H17F2N3O2S2. The van der Waals surface area contributed by atoms with E-state index in [1.807, 2.05) is 36.4 Å². The number of nitriles is 1. The molecule has 1 aliphatic rings. The second kappa shape index (κ2) is 8.20. The molecule has 1 atom stereocenters. The van der Waals surface area contributed by atoms with Crippen LogP contribution >= 0.6 is 11.8 Å². The molecule has 0 spiro atoms. The van der Waals surface area contributed by atoms with Crippen molar-refractivity contribution < 1.29 is 17.2 Å². The molecule has 1 heterocycles. The molecule has 2 aromatic rings. The van der Waals surface area contributed by atoms with Crippen molar-refractivity contribution in [3.8, 4) is 6.07 Å². The highest BCUT2D eigenvalue weighted by atomic mass is 32.2. The summed E-state index contributed by atoms with van der Waals surface area (Å²) in [5.74, 6) is -3.52. The van der Waals surface area contributed by atoms with E-state index in [2.05, 4.69) is 0 Å². The van der Waals surface area contributed by atoms with Crippen molar-refractivity contribution in [3.63, 3.8) is 0 Å². The van der Waals surface area contributed by atoms with Crippen LogP contribution in [0.1, 0.15) is 18.1 Å².